The van der Waals surface area contributed by atoms with Crippen LogP contribution in [-0.4, -0.2) is 18.2 Å². The summed E-state index contributed by atoms with van der Waals surface area (Å²) in [6.45, 7) is 1.19. The lowest BCUT2D eigenvalue weighted by Gasteiger charge is -1.99. The molecule has 0 unspecified atom stereocenters. The van der Waals surface area contributed by atoms with E-state index in [4.69, 9.17) is 11.5 Å². The summed E-state index contributed by atoms with van der Waals surface area (Å²) in [4.78, 5) is 0. The third-order valence-corrected chi connectivity index (χ3v) is 2.82. The zero-order valence-electron chi connectivity index (χ0n) is 7.30. The van der Waals surface area contributed by atoms with E-state index in [0.29, 0.717) is 22.0 Å². The monoisotopic (exact) mass is 388 g/mol. The van der Waals surface area contributed by atoms with Crippen LogP contribution in [0, 0.1) is 0 Å². The summed E-state index contributed by atoms with van der Waals surface area (Å²) in [7, 11) is 0. The number of hydrogen-bond donors (Lipinski definition) is 3. The number of aromatic hydroxyl groups is 1. The van der Waals surface area contributed by atoms with Crippen LogP contribution in [-0.2, 0) is 0 Å². The summed E-state index contributed by atoms with van der Waals surface area (Å²) in [6, 6.07) is 3.56. The van der Waals surface area contributed by atoms with Crippen LogP contribution in [0.25, 0.3) is 0 Å². The van der Waals surface area contributed by atoms with E-state index in [2.05, 4.69) is 47.8 Å². The number of halogens is 3. The van der Waals surface area contributed by atoms with Gasteiger partial charge in [-0.3, -0.25) is 0 Å². The average molecular weight is 391 g/mol. The molecule has 0 radical (unpaired) electrons. The first-order valence-corrected chi connectivity index (χ1v) is 6.14. The van der Waals surface area contributed by atoms with Gasteiger partial charge in [0, 0.05) is 17.6 Å². The summed E-state index contributed by atoms with van der Waals surface area (Å²) in [6.07, 6.45) is 0. The average Bonchev–Trinajstić information content (AvgIpc) is 2.14. The SMILES string of the molecule is NCCN.Oc1c(Br)cc(Br)cc1Br. The van der Waals surface area contributed by atoms with E-state index in [9.17, 15) is 5.11 Å². The molecule has 0 heterocycles. The van der Waals surface area contributed by atoms with E-state index in [1.54, 1.807) is 12.1 Å². The molecule has 80 valence electrons. The summed E-state index contributed by atoms with van der Waals surface area (Å²) >= 11 is 9.65. The predicted molar refractivity (Wildman–Crippen MR) is 69.3 cm³/mol. The van der Waals surface area contributed by atoms with Crippen molar-refractivity contribution in [3.05, 3.63) is 25.6 Å². The van der Waals surface area contributed by atoms with Crippen LogP contribution in [0.15, 0.2) is 25.6 Å². The summed E-state index contributed by atoms with van der Waals surface area (Å²) in [5, 5.41) is 9.22. The van der Waals surface area contributed by atoms with Crippen molar-refractivity contribution in [2.24, 2.45) is 11.5 Å². The maximum Gasteiger partial charge on any atom is 0.144 e. The van der Waals surface area contributed by atoms with Crippen LogP contribution in [0.3, 0.4) is 0 Å². The zero-order chi connectivity index (χ0) is 11.1. The minimum absolute atomic E-state index is 0.225. The largest absolute Gasteiger partial charge is 0.506 e. The van der Waals surface area contributed by atoms with E-state index < -0.39 is 0 Å². The third-order valence-electron chi connectivity index (χ3n) is 1.15. The molecule has 14 heavy (non-hydrogen) atoms. The second kappa shape index (κ2) is 7.64. The Morgan fingerprint density at radius 3 is 1.64 bits per heavy atom. The Balaban J connectivity index is 0.000000364. The first-order chi connectivity index (χ1) is 6.52. The van der Waals surface area contributed by atoms with Crippen LogP contribution in [0.4, 0.5) is 0 Å². The first-order valence-electron chi connectivity index (χ1n) is 3.76. The van der Waals surface area contributed by atoms with Crippen LogP contribution < -0.4 is 11.5 Å². The Morgan fingerprint density at radius 1 is 1.00 bits per heavy atom. The lowest BCUT2D eigenvalue weighted by molar-refractivity contribution is 0.468. The van der Waals surface area contributed by atoms with Gasteiger partial charge in [-0.15, -0.1) is 0 Å². The highest BCUT2D eigenvalue weighted by atomic mass is 79.9. The molecular formula is C8H11Br3N2O. The molecule has 6 heteroatoms. The van der Waals surface area contributed by atoms with Crippen molar-refractivity contribution in [1.82, 2.24) is 0 Å². The van der Waals surface area contributed by atoms with Gasteiger partial charge in [-0.05, 0) is 44.0 Å². The molecule has 0 spiro atoms. The maximum atomic E-state index is 9.22. The lowest BCUT2D eigenvalue weighted by atomic mass is 10.3. The van der Waals surface area contributed by atoms with Gasteiger partial charge in [-0.25, -0.2) is 0 Å². The highest BCUT2D eigenvalue weighted by Gasteiger charge is 2.02. The molecule has 0 aromatic heterocycles. The highest BCUT2D eigenvalue weighted by molar-refractivity contribution is 9.11. The Kier molecular flexibility index (Phi) is 7.85. The third kappa shape index (κ3) is 5.31. The van der Waals surface area contributed by atoms with Gasteiger partial charge in [-0.2, -0.15) is 0 Å². The van der Waals surface area contributed by atoms with E-state index in [1.165, 1.54) is 0 Å². The smallest absolute Gasteiger partial charge is 0.144 e. The molecule has 0 saturated heterocycles. The Morgan fingerprint density at radius 2 is 1.36 bits per heavy atom. The number of benzene rings is 1. The van der Waals surface area contributed by atoms with Crippen molar-refractivity contribution in [1.29, 1.82) is 0 Å². The first kappa shape index (κ1) is 14.4. The number of nitrogens with two attached hydrogens (primary N) is 2. The van der Waals surface area contributed by atoms with Gasteiger partial charge in [0.25, 0.3) is 0 Å². The Hall–Kier alpha value is 0.380. The highest BCUT2D eigenvalue weighted by Crippen LogP contribution is 2.34. The normalized spacial score (nSPS) is 9.21. The molecule has 1 aromatic rings. The van der Waals surface area contributed by atoms with Gasteiger partial charge >= 0.3 is 0 Å². The van der Waals surface area contributed by atoms with Crippen LogP contribution in [0.2, 0.25) is 0 Å². The standard InChI is InChI=1S/C6H3Br3O.C2H8N2/c7-3-1-4(8)6(10)5(9)2-3;3-1-2-4/h1-2,10H;1-4H2. The molecule has 0 aliphatic heterocycles. The van der Waals surface area contributed by atoms with E-state index in [-0.39, 0.29) is 5.75 Å². The van der Waals surface area contributed by atoms with Gasteiger partial charge in [0.2, 0.25) is 0 Å². The summed E-state index contributed by atoms with van der Waals surface area (Å²) in [5.74, 6) is 0.225. The van der Waals surface area contributed by atoms with Crippen LogP contribution in [0.1, 0.15) is 0 Å². The van der Waals surface area contributed by atoms with Crippen molar-refractivity contribution >= 4 is 47.8 Å². The molecule has 0 saturated carbocycles. The summed E-state index contributed by atoms with van der Waals surface area (Å²) < 4.78 is 2.27. The molecule has 0 amide bonds. The molecule has 0 atom stereocenters. The second-order valence-electron chi connectivity index (χ2n) is 2.30. The van der Waals surface area contributed by atoms with Crippen LogP contribution >= 0.6 is 47.8 Å². The van der Waals surface area contributed by atoms with Crippen molar-refractivity contribution in [2.75, 3.05) is 13.1 Å². The second-order valence-corrected chi connectivity index (χ2v) is 4.92. The van der Waals surface area contributed by atoms with Gasteiger partial charge in [0.05, 0.1) is 8.95 Å². The maximum absolute atomic E-state index is 9.22. The van der Waals surface area contributed by atoms with E-state index >= 15 is 0 Å². The Labute approximate surface area is 108 Å². The molecule has 0 aliphatic carbocycles. The van der Waals surface area contributed by atoms with Crippen molar-refractivity contribution in [2.45, 2.75) is 0 Å². The molecule has 1 rings (SSSR count). The molecular weight excluding hydrogens is 380 g/mol. The fraction of sp³-hybridized carbons (Fsp3) is 0.250. The molecule has 0 bridgehead atoms. The van der Waals surface area contributed by atoms with E-state index in [1.807, 2.05) is 0 Å². The Bertz CT molecular complexity index is 269. The molecule has 5 N–H and O–H groups in total. The number of phenols is 1. The lowest BCUT2D eigenvalue weighted by Crippen LogP contribution is -2.11. The van der Waals surface area contributed by atoms with E-state index in [0.717, 1.165) is 4.47 Å². The molecule has 3 nitrogen and oxygen atoms in total. The van der Waals surface area contributed by atoms with Gasteiger partial charge in [-0.1, -0.05) is 15.9 Å². The number of phenolic OH excluding ortho intramolecular Hbond substituents is 1. The number of rotatable bonds is 1. The van der Waals surface area contributed by atoms with Gasteiger partial charge in [0.15, 0.2) is 0 Å². The predicted octanol–water partition coefficient (Wildman–Crippen LogP) is 2.58. The molecule has 0 aliphatic rings. The quantitative estimate of drug-likeness (QED) is 0.690. The van der Waals surface area contributed by atoms with Crippen molar-refractivity contribution < 1.29 is 5.11 Å². The van der Waals surface area contributed by atoms with Gasteiger partial charge < -0.3 is 16.6 Å². The van der Waals surface area contributed by atoms with Crippen LogP contribution in [0.5, 0.6) is 5.75 Å². The minimum Gasteiger partial charge on any atom is -0.506 e. The molecule has 1 aromatic carbocycles. The topological polar surface area (TPSA) is 72.3 Å². The minimum atomic E-state index is 0.225. The van der Waals surface area contributed by atoms with Gasteiger partial charge in [0.1, 0.15) is 5.75 Å². The van der Waals surface area contributed by atoms with Crippen molar-refractivity contribution in [3.63, 3.8) is 0 Å². The van der Waals surface area contributed by atoms with Crippen molar-refractivity contribution in [3.8, 4) is 5.75 Å². The summed E-state index contributed by atoms with van der Waals surface area (Å²) in [5.41, 5.74) is 9.81. The fourth-order valence-electron chi connectivity index (χ4n) is 0.535. The zero-order valence-corrected chi connectivity index (χ0v) is 12.1. The fourth-order valence-corrected chi connectivity index (χ4v) is 2.79. The number of hydrogen-bond acceptors (Lipinski definition) is 3. The molecule has 0 fully saturated rings.